The van der Waals surface area contributed by atoms with E-state index in [1.54, 1.807) is 11.3 Å². The third kappa shape index (κ3) is 2.36. The fourth-order valence-electron chi connectivity index (χ4n) is 1.95. The fourth-order valence-corrected chi connectivity index (χ4v) is 3.04. The molecule has 0 saturated heterocycles. The first kappa shape index (κ1) is 10.6. The third-order valence-corrected chi connectivity index (χ3v) is 3.71. The summed E-state index contributed by atoms with van der Waals surface area (Å²) in [5.74, 6) is 0. The van der Waals surface area contributed by atoms with E-state index in [1.165, 1.54) is 23.5 Å². The number of aromatic nitrogens is 1. The van der Waals surface area contributed by atoms with Crippen LogP contribution in [0.4, 0.5) is 0 Å². The SMILES string of the molecule is CCCN1CCc2nc(CC#N)sc2C1. The lowest BCUT2D eigenvalue weighted by atomic mass is 10.2. The summed E-state index contributed by atoms with van der Waals surface area (Å²) < 4.78 is 0. The van der Waals surface area contributed by atoms with Gasteiger partial charge >= 0.3 is 0 Å². The van der Waals surface area contributed by atoms with Gasteiger partial charge in [0.15, 0.2) is 0 Å². The quantitative estimate of drug-likeness (QED) is 0.783. The fraction of sp³-hybridized carbons (Fsp3) is 0.636. The lowest BCUT2D eigenvalue weighted by Crippen LogP contribution is -2.30. The first-order valence-electron chi connectivity index (χ1n) is 5.40. The smallest absolute Gasteiger partial charge is 0.107 e. The van der Waals surface area contributed by atoms with Crippen LogP contribution in [0.1, 0.15) is 28.9 Å². The minimum Gasteiger partial charge on any atom is -0.298 e. The van der Waals surface area contributed by atoms with Crippen molar-refractivity contribution in [2.75, 3.05) is 13.1 Å². The summed E-state index contributed by atoms with van der Waals surface area (Å²) in [4.78, 5) is 8.35. The zero-order valence-electron chi connectivity index (χ0n) is 8.99. The average Bonchev–Trinajstić information content (AvgIpc) is 2.60. The lowest BCUT2D eigenvalue weighted by Gasteiger charge is -2.25. The molecular formula is C11H15N3S. The van der Waals surface area contributed by atoms with Crippen LogP contribution in [-0.4, -0.2) is 23.0 Å². The van der Waals surface area contributed by atoms with E-state index < -0.39 is 0 Å². The van der Waals surface area contributed by atoms with Crippen molar-refractivity contribution >= 4 is 11.3 Å². The zero-order valence-corrected chi connectivity index (χ0v) is 9.81. The second-order valence-corrected chi connectivity index (χ2v) is 5.01. The van der Waals surface area contributed by atoms with Gasteiger partial charge in [0, 0.05) is 24.4 Å². The van der Waals surface area contributed by atoms with Gasteiger partial charge in [0.05, 0.1) is 18.2 Å². The Morgan fingerprint density at radius 1 is 1.60 bits per heavy atom. The van der Waals surface area contributed by atoms with Crippen LogP contribution in [0.25, 0.3) is 0 Å². The number of rotatable bonds is 3. The highest BCUT2D eigenvalue weighted by atomic mass is 32.1. The molecule has 0 amide bonds. The molecule has 0 unspecified atom stereocenters. The summed E-state index contributed by atoms with van der Waals surface area (Å²) in [6, 6.07) is 2.16. The normalized spacial score (nSPS) is 16.0. The predicted molar refractivity (Wildman–Crippen MR) is 60.7 cm³/mol. The van der Waals surface area contributed by atoms with Crippen LogP contribution in [0, 0.1) is 11.3 Å². The van der Waals surface area contributed by atoms with Crippen LogP contribution in [0.2, 0.25) is 0 Å². The van der Waals surface area contributed by atoms with E-state index in [0.717, 1.165) is 24.5 Å². The minimum absolute atomic E-state index is 0.464. The highest BCUT2D eigenvalue weighted by molar-refractivity contribution is 7.11. The summed E-state index contributed by atoms with van der Waals surface area (Å²) in [5, 5.41) is 9.61. The molecule has 0 saturated carbocycles. The molecule has 2 rings (SSSR count). The van der Waals surface area contributed by atoms with E-state index in [1.807, 2.05) is 0 Å². The van der Waals surface area contributed by atoms with Gasteiger partial charge in [-0.2, -0.15) is 5.26 Å². The molecule has 80 valence electrons. The average molecular weight is 221 g/mol. The number of hydrogen-bond acceptors (Lipinski definition) is 4. The Bertz CT molecular complexity index is 378. The first-order chi connectivity index (χ1) is 7.33. The van der Waals surface area contributed by atoms with Crippen molar-refractivity contribution in [3.05, 3.63) is 15.6 Å². The number of nitrogens with zero attached hydrogens (tertiary/aromatic N) is 3. The molecule has 1 aliphatic rings. The van der Waals surface area contributed by atoms with Gasteiger partial charge in [-0.3, -0.25) is 4.90 Å². The van der Waals surface area contributed by atoms with Crippen molar-refractivity contribution in [1.29, 1.82) is 5.26 Å². The molecule has 0 N–H and O–H groups in total. The highest BCUT2D eigenvalue weighted by Gasteiger charge is 2.19. The summed E-state index contributed by atoms with van der Waals surface area (Å²) in [7, 11) is 0. The van der Waals surface area contributed by atoms with Crippen LogP contribution in [-0.2, 0) is 19.4 Å². The molecule has 0 aromatic carbocycles. The molecule has 1 aromatic rings. The van der Waals surface area contributed by atoms with Crippen LogP contribution < -0.4 is 0 Å². The molecule has 0 bridgehead atoms. The van der Waals surface area contributed by atoms with Crippen molar-refractivity contribution in [2.45, 2.75) is 32.7 Å². The van der Waals surface area contributed by atoms with Crippen molar-refractivity contribution in [1.82, 2.24) is 9.88 Å². The molecule has 1 aliphatic heterocycles. The third-order valence-electron chi connectivity index (χ3n) is 2.62. The van der Waals surface area contributed by atoms with Gasteiger partial charge in [-0.1, -0.05) is 6.92 Å². The minimum atomic E-state index is 0.464. The van der Waals surface area contributed by atoms with E-state index in [2.05, 4.69) is 22.9 Å². The standard InChI is InChI=1S/C11H15N3S/c1-2-6-14-7-4-9-10(8-14)15-11(13-9)3-5-12/h2-4,6-8H2,1H3. The Morgan fingerprint density at radius 3 is 3.20 bits per heavy atom. The summed E-state index contributed by atoms with van der Waals surface area (Å²) >= 11 is 1.71. The van der Waals surface area contributed by atoms with E-state index in [0.29, 0.717) is 6.42 Å². The largest absolute Gasteiger partial charge is 0.298 e. The van der Waals surface area contributed by atoms with Crippen molar-refractivity contribution in [3.63, 3.8) is 0 Å². The lowest BCUT2D eigenvalue weighted by molar-refractivity contribution is 0.256. The molecule has 0 fully saturated rings. The number of nitriles is 1. The molecular weight excluding hydrogens is 206 g/mol. The summed E-state index contributed by atoms with van der Waals surface area (Å²) in [5.41, 5.74) is 1.23. The Kier molecular flexibility index (Phi) is 3.34. The van der Waals surface area contributed by atoms with E-state index >= 15 is 0 Å². The van der Waals surface area contributed by atoms with Crippen LogP contribution in [0.3, 0.4) is 0 Å². The van der Waals surface area contributed by atoms with Gasteiger partial charge in [-0.25, -0.2) is 4.98 Å². The van der Waals surface area contributed by atoms with Crippen LogP contribution in [0.5, 0.6) is 0 Å². The number of hydrogen-bond donors (Lipinski definition) is 0. The van der Waals surface area contributed by atoms with Crippen molar-refractivity contribution in [3.8, 4) is 6.07 Å². The second-order valence-electron chi connectivity index (χ2n) is 3.84. The van der Waals surface area contributed by atoms with Crippen molar-refractivity contribution < 1.29 is 0 Å². The zero-order chi connectivity index (χ0) is 10.7. The molecule has 0 radical (unpaired) electrons. The monoisotopic (exact) mass is 221 g/mol. The molecule has 0 spiro atoms. The van der Waals surface area contributed by atoms with Gasteiger partial charge in [-0.15, -0.1) is 11.3 Å². The van der Waals surface area contributed by atoms with Gasteiger partial charge in [0.2, 0.25) is 0 Å². The van der Waals surface area contributed by atoms with Gasteiger partial charge in [-0.05, 0) is 13.0 Å². The molecule has 1 aromatic heterocycles. The van der Waals surface area contributed by atoms with E-state index in [9.17, 15) is 0 Å². The molecule has 15 heavy (non-hydrogen) atoms. The highest BCUT2D eigenvalue weighted by Crippen LogP contribution is 2.25. The summed E-state index contributed by atoms with van der Waals surface area (Å²) in [6.07, 6.45) is 2.72. The van der Waals surface area contributed by atoms with E-state index in [4.69, 9.17) is 5.26 Å². The Morgan fingerprint density at radius 2 is 2.47 bits per heavy atom. The van der Waals surface area contributed by atoms with E-state index in [-0.39, 0.29) is 0 Å². The Labute approximate surface area is 94.4 Å². The van der Waals surface area contributed by atoms with Crippen LogP contribution in [0.15, 0.2) is 0 Å². The first-order valence-corrected chi connectivity index (χ1v) is 6.22. The number of thiazole rings is 1. The predicted octanol–water partition coefficient (Wildman–Crippen LogP) is 1.98. The van der Waals surface area contributed by atoms with Gasteiger partial charge in [0.25, 0.3) is 0 Å². The maximum absolute atomic E-state index is 8.62. The van der Waals surface area contributed by atoms with Gasteiger partial charge < -0.3 is 0 Å². The molecule has 3 nitrogen and oxygen atoms in total. The Balaban J connectivity index is 2.09. The second kappa shape index (κ2) is 4.73. The topological polar surface area (TPSA) is 39.9 Å². The van der Waals surface area contributed by atoms with Crippen LogP contribution >= 0.6 is 11.3 Å². The Hall–Kier alpha value is -0.920. The molecule has 2 heterocycles. The maximum Gasteiger partial charge on any atom is 0.107 e. The molecule has 0 atom stereocenters. The molecule has 0 aliphatic carbocycles. The maximum atomic E-state index is 8.62. The van der Waals surface area contributed by atoms with Crippen molar-refractivity contribution in [2.24, 2.45) is 0 Å². The number of fused-ring (bicyclic) bond motifs is 1. The molecule has 4 heteroatoms. The summed E-state index contributed by atoms with van der Waals surface area (Å²) in [6.45, 7) is 5.54. The van der Waals surface area contributed by atoms with Gasteiger partial charge in [0.1, 0.15) is 5.01 Å².